The molecular weight excluding hydrogens is 736 g/mol. The molecule has 1 rings (SSSR count). The number of hydrogen-bond donors (Lipinski definition) is 2. The second-order valence-electron chi connectivity index (χ2n) is 11.5. The van der Waals surface area contributed by atoms with Gasteiger partial charge in [0.1, 0.15) is 5.54 Å². The van der Waals surface area contributed by atoms with Gasteiger partial charge in [0.05, 0.1) is 38.3 Å². The summed E-state index contributed by atoms with van der Waals surface area (Å²) in [5, 5.41) is 21.4. The molecule has 0 aliphatic carbocycles. The highest BCUT2D eigenvalue weighted by Crippen LogP contribution is 2.35. The van der Waals surface area contributed by atoms with Gasteiger partial charge < -0.3 is 48.1 Å². The van der Waals surface area contributed by atoms with Crippen LogP contribution in [0, 0.1) is 0 Å². The number of carbonyl (C=O) groups is 8. The molecule has 1 aliphatic rings. The Hall–Kier alpha value is -5.96. The number of aliphatic hydroxyl groups excluding tert-OH is 2. The number of amides is 3. The van der Waals surface area contributed by atoms with Crippen LogP contribution in [0.3, 0.4) is 0 Å². The molecule has 4 unspecified atom stereocenters. The Morgan fingerprint density at radius 1 is 0.600 bits per heavy atom. The summed E-state index contributed by atoms with van der Waals surface area (Å²) < 4.78 is 41.6. The first-order valence-corrected chi connectivity index (χ1v) is 16.0. The van der Waals surface area contributed by atoms with E-state index in [4.69, 9.17) is 37.9 Å². The standard InChI is InChI=1S/C35H44N2O18/c1-11-23(40)50-34(51-24(41)12-2,52-25(42)13-3)17-19-48-29(21(7)38)36-31(46)33(9,10)37(32(36)47)30(22(8)39)49-20-18-35(53-26(43)14-4,54-27(44)15-5)55-28(45)16-6/h11-16,21-22,29-30,38-39H,1-6,17-20H2,7-10H3. The lowest BCUT2D eigenvalue weighted by atomic mass is 10.0. The Labute approximate surface area is 315 Å². The van der Waals surface area contributed by atoms with E-state index in [1.54, 1.807) is 0 Å². The van der Waals surface area contributed by atoms with E-state index in [1.165, 1.54) is 20.8 Å². The number of urea groups is 1. The molecule has 20 nitrogen and oxygen atoms in total. The number of rotatable bonds is 24. The quantitative estimate of drug-likeness (QED) is 0.0598. The summed E-state index contributed by atoms with van der Waals surface area (Å²) in [6, 6.07) is -1.19. The van der Waals surface area contributed by atoms with Crippen LogP contribution >= 0.6 is 0 Å². The van der Waals surface area contributed by atoms with Gasteiger partial charge in [-0.05, 0) is 27.7 Å². The average Bonchev–Trinajstić information content (AvgIpc) is 3.29. The van der Waals surface area contributed by atoms with Crippen molar-refractivity contribution in [1.82, 2.24) is 9.80 Å². The Morgan fingerprint density at radius 2 is 0.873 bits per heavy atom. The summed E-state index contributed by atoms with van der Waals surface area (Å²) in [7, 11) is 0. The zero-order valence-electron chi connectivity index (χ0n) is 30.7. The highest BCUT2D eigenvalue weighted by molar-refractivity contribution is 6.07. The first-order chi connectivity index (χ1) is 25.6. The van der Waals surface area contributed by atoms with E-state index in [-0.39, 0.29) is 0 Å². The van der Waals surface area contributed by atoms with Crippen LogP contribution in [0.5, 0.6) is 0 Å². The minimum atomic E-state index is -2.81. The molecule has 1 fully saturated rings. The van der Waals surface area contributed by atoms with E-state index in [0.29, 0.717) is 41.4 Å². The highest BCUT2D eigenvalue weighted by atomic mass is 16.9. The molecular formula is C35H44N2O18. The average molecular weight is 781 g/mol. The minimum Gasteiger partial charge on any atom is -0.389 e. The van der Waals surface area contributed by atoms with Crippen molar-refractivity contribution in [3.05, 3.63) is 75.9 Å². The van der Waals surface area contributed by atoms with Crippen molar-refractivity contribution in [2.45, 2.75) is 82.7 Å². The molecule has 4 atom stereocenters. The number of esters is 6. The zero-order chi connectivity index (χ0) is 42.3. The SMILES string of the molecule is C=CC(=O)OC(CCOC(C(C)O)N1C(=O)N(C(OCCC(OC(=O)C=C)(OC(=O)C=C)OC(=O)C=C)C(C)O)C(C)(C)C1=O)(OC(=O)C=C)OC(=O)C=C. The van der Waals surface area contributed by atoms with Crippen LogP contribution in [0.2, 0.25) is 0 Å². The van der Waals surface area contributed by atoms with Crippen LogP contribution in [0.15, 0.2) is 75.9 Å². The van der Waals surface area contributed by atoms with Gasteiger partial charge in [-0.15, -0.1) is 0 Å². The predicted octanol–water partition coefficient (Wildman–Crippen LogP) is 0.939. The second-order valence-corrected chi connectivity index (χ2v) is 11.5. The van der Waals surface area contributed by atoms with Crippen LogP contribution in [0.1, 0.15) is 40.5 Å². The number of imide groups is 1. The van der Waals surface area contributed by atoms with E-state index in [1.807, 2.05) is 0 Å². The van der Waals surface area contributed by atoms with Crippen molar-refractivity contribution in [2.24, 2.45) is 0 Å². The summed E-state index contributed by atoms with van der Waals surface area (Å²) in [5.41, 5.74) is -1.85. The number of ether oxygens (including phenoxy) is 8. The molecule has 1 saturated heterocycles. The molecule has 0 aromatic rings. The Kier molecular flexibility index (Phi) is 17.5. The number of carbonyl (C=O) groups excluding carboxylic acids is 8. The monoisotopic (exact) mass is 780 g/mol. The van der Waals surface area contributed by atoms with Gasteiger partial charge >= 0.3 is 53.8 Å². The lowest BCUT2D eigenvalue weighted by Gasteiger charge is -2.37. The lowest BCUT2D eigenvalue weighted by Crippen LogP contribution is -2.55. The molecule has 0 aromatic heterocycles. The highest BCUT2D eigenvalue weighted by Gasteiger charge is 2.58. The van der Waals surface area contributed by atoms with Gasteiger partial charge in [-0.2, -0.15) is 0 Å². The third-order valence-corrected chi connectivity index (χ3v) is 7.02. The molecule has 1 aliphatic heterocycles. The van der Waals surface area contributed by atoms with Crippen LogP contribution in [-0.4, -0.2) is 123 Å². The van der Waals surface area contributed by atoms with Crippen molar-refractivity contribution < 1.29 is 86.5 Å². The van der Waals surface area contributed by atoms with Crippen LogP contribution in [0.25, 0.3) is 0 Å². The van der Waals surface area contributed by atoms with Crippen molar-refractivity contribution >= 4 is 47.8 Å². The predicted molar refractivity (Wildman–Crippen MR) is 183 cm³/mol. The molecule has 0 bridgehead atoms. The Morgan fingerprint density at radius 3 is 1.13 bits per heavy atom. The van der Waals surface area contributed by atoms with Crippen LogP contribution in [-0.2, 0) is 71.5 Å². The van der Waals surface area contributed by atoms with Gasteiger partial charge in [-0.1, -0.05) is 39.5 Å². The Bertz CT molecular complexity index is 1450. The van der Waals surface area contributed by atoms with E-state index < -0.39 is 116 Å². The van der Waals surface area contributed by atoms with Crippen LogP contribution in [0.4, 0.5) is 4.79 Å². The Balaban J connectivity index is 3.51. The normalized spacial score (nSPS) is 15.9. The van der Waals surface area contributed by atoms with E-state index in [0.717, 1.165) is 11.8 Å². The molecule has 20 heteroatoms. The third-order valence-electron chi connectivity index (χ3n) is 7.02. The number of hydrogen-bond acceptors (Lipinski definition) is 18. The minimum absolute atomic E-state index is 0.486. The third kappa shape index (κ3) is 12.6. The van der Waals surface area contributed by atoms with Gasteiger partial charge in [-0.3, -0.25) is 9.69 Å². The molecule has 2 N–H and O–H groups in total. The smallest absolute Gasteiger partial charge is 0.389 e. The summed E-state index contributed by atoms with van der Waals surface area (Å²) in [4.78, 5) is 102. The van der Waals surface area contributed by atoms with Gasteiger partial charge in [0, 0.05) is 36.5 Å². The molecule has 3 amide bonds. The maximum atomic E-state index is 14.0. The van der Waals surface area contributed by atoms with Crippen molar-refractivity contribution in [2.75, 3.05) is 13.2 Å². The van der Waals surface area contributed by atoms with Gasteiger partial charge in [0.2, 0.25) is 0 Å². The van der Waals surface area contributed by atoms with Gasteiger partial charge in [-0.25, -0.2) is 38.5 Å². The first-order valence-electron chi connectivity index (χ1n) is 16.0. The zero-order valence-corrected chi connectivity index (χ0v) is 30.7. The molecule has 1 heterocycles. The molecule has 0 aromatic carbocycles. The fourth-order valence-corrected chi connectivity index (χ4v) is 4.56. The summed E-state index contributed by atoms with van der Waals surface area (Å²) >= 11 is 0. The molecule has 55 heavy (non-hydrogen) atoms. The summed E-state index contributed by atoms with van der Waals surface area (Å²) in [6.07, 6.45) is -4.39. The maximum Gasteiger partial charge on any atom is 0.426 e. The van der Waals surface area contributed by atoms with Gasteiger partial charge in [0.15, 0.2) is 12.5 Å². The fourth-order valence-electron chi connectivity index (χ4n) is 4.56. The van der Waals surface area contributed by atoms with E-state index >= 15 is 0 Å². The summed E-state index contributed by atoms with van der Waals surface area (Å²) in [5.74, 6) is -13.9. The van der Waals surface area contributed by atoms with Crippen molar-refractivity contribution in [3.63, 3.8) is 0 Å². The molecule has 0 saturated carbocycles. The molecule has 302 valence electrons. The maximum absolute atomic E-state index is 14.0. The number of aliphatic hydroxyl groups is 2. The van der Waals surface area contributed by atoms with E-state index in [2.05, 4.69) is 39.5 Å². The first kappa shape index (κ1) is 47.1. The molecule has 0 spiro atoms. The molecule has 0 radical (unpaired) electrons. The van der Waals surface area contributed by atoms with E-state index in [9.17, 15) is 48.6 Å². The van der Waals surface area contributed by atoms with Crippen molar-refractivity contribution in [3.8, 4) is 0 Å². The summed E-state index contributed by atoms with van der Waals surface area (Å²) in [6.45, 7) is 22.7. The second kappa shape index (κ2) is 20.5. The van der Waals surface area contributed by atoms with Gasteiger partial charge in [0.25, 0.3) is 5.91 Å². The fraction of sp³-hybridized carbons (Fsp3) is 0.429. The lowest BCUT2D eigenvalue weighted by molar-refractivity contribution is -0.333. The number of nitrogens with zero attached hydrogens (tertiary/aromatic N) is 2. The largest absolute Gasteiger partial charge is 0.426 e. The van der Waals surface area contributed by atoms with Crippen molar-refractivity contribution in [1.29, 1.82) is 0 Å². The topological polar surface area (TPSA) is 257 Å². The van der Waals surface area contributed by atoms with Crippen LogP contribution < -0.4 is 0 Å².